The summed E-state index contributed by atoms with van der Waals surface area (Å²) in [4.78, 5) is 85.9. The standard InChI is InChI=1S/C64H71ClF3N9O10S3/c1-63(2)27-25-50(42-13-17-45(65)18-14-42)44(39-63)40-74-32-34-75(35-33-74)47-19-15-43(16-20-47)59(80)72-90(86,87)49-21-22-52(55(38-49)89(84,85)64(66,67)68)70-46(41-88-48-8-4-3-5-9-48)26-29-73-30-36-76(37-31-73)57(79)12-7-28-69-53-11-6-10-51-58(53)62(83)77(61(51)82)54-23-24-56(78)71-60(54)81/h3-6,8-11,13-22,38,46,54,69-70H,7,12,23-37,39-41H2,1-2H3,(H,72,80)(H,71,78,81)/t46-,54?/m1/s1. The third kappa shape index (κ3) is 15.4. The molecule has 19 nitrogen and oxygen atoms in total. The molecule has 5 aromatic rings. The van der Waals surface area contributed by atoms with Crippen LogP contribution >= 0.6 is 23.4 Å². The minimum atomic E-state index is -6.18. The van der Waals surface area contributed by atoms with Gasteiger partial charge in [-0.05, 0) is 134 Å². The third-order valence-corrected chi connectivity index (χ3v) is 21.4. The number of sulfone groups is 1. The second-order valence-corrected chi connectivity index (χ2v) is 29.1. The number of anilines is 3. The lowest BCUT2D eigenvalue weighted by atomic mass is 9.73. The summed E-state index contributed by atoms with van der Waals surface area (Å²) in [6, 6.07) is 28.8. The number of benzene rings is 5. The molecule has 6 amide bonds. The van der Waals surface area contributed by atoms with E-state index in [1.54, 1.807) is 29.2 Å². The average Bonchev–Trinajstić information content (AvgIpc) is 1.48. The molecule has 4 aliphatic heterocycles. The van der Waals surface area contributed by atoms with Crippen molar-refractivity contribution in [1.29, 1.82) is 0 Å². The van der Waals surface area contributed by atoms with E-state index in [4.69, 9.17) is 11.6 Å². The number of fused-ring (bicyclic) bond motifs is 1. The second kappa shape index (κ2) is 27.7. The lowest BCUT2D eigenvalue weighted by molar-refractivity contribution is -0.136. The van der Waals surface area contributed by atoms with Gasteiger partial charge in [0.05, 0.1) is 21.7 Å². The topological polar surface area (TPSA) is 235 Å². The number of amides is 6. The fourth-order valence-electron chi connectivity index (χ4n) is 12.2. The number of hydrogen-bond donors (Lipinski definition) is 4. The van der Waals surface area contributed by atoms with Crippen LogP contribution in [-0.2, 0) is 34.2 Å². The second-order valence-electron chi connectivity index (χ2n) is 24.0. The van der Waals surface area contributed by atoms with E-state index in [1.165, 1.54) is 46.7 Å². The van der Waals surface area contributed by atoms with E-state index < -0.39 is 82.5 Å². The molecule has 0 spiro atoms. The molecule has 90 heavy (non-hydrogen) atoms. The van der Waals surface area contributed by atoms with Crippen LogP contribution in [0.4, 0.5) is 30.2 Å². The van der Waals surface area contributed by atoms with E-state index >= 15 is 0 Å². The van der Waals surface area contributed by atoms with Gasteiger partial charge in [0.15, 0.2) is 0 Å². The van der Waals surface area contributed by atoms with Crippen molar-refractivity contribution in [3.8, 4) is 0 Å². The fraction of sp³-hybridized carbons (Fsp3) is 0.406. The molecule has 5 aliphatic rings. The van der Waals surface area contributed by atoms with E-state index in [2.05, 4.69) is 56.6 Å². The van der Waals surface area contributed by atoms with Crippen LogP contribution in [0.3, 0.4) is 0 Å². The molecule has 0 radical (unpaired) electrons. The zero-order valence-corrected chi connectivity index (χ0v) is 53.0. The van der Waals surface area contributed by atoms with Gasteiger partial charge in [0.2, 0.25) is 17.7 Å². The normalized spacial score (nSPS) is 19.0. The molecular weight excluding hydrogens is 1240 g/mol. The summed E-state index contributed by atoms with van der Waals surface area (Å²) in [5.41, 5.74) is -0.749. The van der Waals surface area contributed by atoms with Gasteiger partial charge in [-0.15, -0.1) is 11.8 Å². The van der Waals surface area contributed by atoms with Crippen LogP contribution in [-0.4, -0.2) is 167 Å². The molecule has 1 aliphatic carbocycles. The van der Waals surface area contributed by atoms with Crippen LogP contribution in [0.5, 0.6) is 0 Å². The lowest BCUT2D eigenvalue weighted by Gasteiger charge is -2.39. The smallest absolute Gasteiger partial charge is 0.384 e. The van der Waals surface area contributed by atoms with Gasteiger partial charge in [-0.25, -0.2) is 21.6 Å². The number of hydrogen-bond acceptors (Lipinski definition) is 16. The molecule has 3 saturated heterocycles. The van der Waals surface area contributed by atoms with Crippen molar-refractivity contribution in [3.05, 3.63) is 148 Å². The average molecular weight is 1310 g/mol. The highest BCUT2D eigenvalue weighted by Gasteiger charge is 2.49. The third-order valence-electron chi connectivity index (χ3n) is 17.2. The molecule has 478 valence electrons. The number of imide groups is 2. The Morgan fingerprint density at radius 3 is 2.18 bits per heavy atom. The largest absolute Gasteiger partial charge is 0.501 e. The predicted molar refractivity (Wildman–Crippen MR) is 338 cm³/mol. The van der Waals surface area contributed by atoms with Gasteiger partial charge in [0, 0.05) is 123 Å². The maximum atomic E-state index is 14.5. The van der Waals surface area contributed by atoms with Gasteiger partial charge in [0.1, 0.15) is 10.9 Å². The number of carbonyl (C=O) groups is 6. The summed E-state index contributed by atoms with van der Waals surface area (Å²) in [7, 11) is -11.1. The quantitative estimate of drug-likeness (QED) is 0.0288. The van der Waals surface area contributed by atoms with Crippen molar-refractivity contribution in [1.82, 2.24) is 29.6 Å². The van der Waals surface area contributed by atoms with E-state index in [-0.39, 0.29) is 59.6 Å². The van der Waals surface area contributed by atoms with Crippen molar-refractivity contribution in [2.24, 2.45) is 5.41 Å². The molecule has 4 heterocycles. The molecule has 1 unspecified atom stereocenters. The maximum absolute atomic E-state index is 14.5. The zero-order valence-electron chi connectivity index (χ0n) is 49.8. The van der Waals surface area contributed by atoms with E-state index in [1.807, 2.05) is 47.2 Å². The molecule has 0 aromatic heterocycles. The number of thioether (sulfide) groups is 1. The molecule has 10 rings (SSSR count). The number of piperazine rings is 2. The molecule has 3 fully saturated rings. The van der Waals surface area contributed by atoms with Crippen LogP contribution in [0.1, 0.15) is 102 Å². The summed E-state index contributed by atoms with van der Waals surface area (Å²) in [6.07, 6.45) is 3.93. The summed E-state index contributed by atoms with van der Waals surface area (Å²) >= 11 is 7.59. The summed E-state index contributed by atoms with van der Waals surface area (Å²) in [5, 5.41) is 9.03. The highest BCUT2D eigenvalue weighted by Crippen LogP contribution is 2.43. The van der Waals surface area contributed by atoms with Crippen molar-refractivity contribution < 1.29 is 58.8 Å². The minimum Gasteiger partial charge on any atom is -0.384 e. The van der Waals surface area contributed by atoms with Gasteiger partial charge >= 0.3 is 5.51 Å². The van der Waals surface area contributed by atoms with Gasteiger partial charge in [-0.2, -0.15) is 13.2 Å². The van der Waals surface area contributed by atoms with Crippen LogP contribution in [0.2, 0.25) is 5.02 Å². The number of nitrogens with one attached hydrogen (secondary N) is 4. The summed E-state index contributed by atoms with van der Waals surface area (Å²) < 4.78 is 99.8. The van der Waals surface area contributed by atoms with E-state index in [0.29, 0.717) is 75.4 Å². The molecule has 4 N–H and O–H groups in total. The number of sulfonamides is 1. The van der Waals surface area contributed by atoms with E-state index in [0.717, 1.165) is 66.5 Å². The van der Waals surface area contributed by atoms with Gasteiger partial charge in [0.25, 0.3) is 37.6 Å². The Hall–Kier alpha value is -7.29. The Morgan fingerprint density at radius 1 is 0.789 bits per heavy atom. The number of piperidine rings is 1. The van der Waals surface area contributed by atoms with Crippen molar-refractivity contribution >= 4 is 101 Å². The Kier molecular flexibility index (Phi) is 20.2. The highest BCUT2D eigenvalue weighted by atomic mass is 35.5. The number of halogens is 4. The zero-order chi connectivity index (χ0) is 64.1. The first-order valence-corrected chi connectivity index (χ1v) is 34.3. The summed E-state index contributed by atoms with van der Waals surface area (Å²) in [6.45, 7) is 10.8. The molecule has 0 bridgehead atoms. The molecule has 2 atom stereocenters. The first kappa shape index (κ1) is 65.7. The van der Waals surface area contributed by atoms with Crippen molar-refractivity contribution in [2.45, 2.75) is 97.5 Å². The van der Waals surface area contributed by atoms with Gasteiger partial charge < -0.3 is 20.4 Å². The number of rotatable bonds is 22. The van der Waals surface area contributed by atoms with Crippen LogP contribution in [0, 0.1) is 5.41 Å². The Morgan fingerprint density at radius 2 is 1.49 bits per heavy atom. The number of nitrogens with zero attached hydrogens (tertiary/aromatic N) is 5. The molecule has 0 saturated carbocycles. The Labute approximate surface area is 531 Å². The first-order chi connectivity index (χ1) is 42.8. The molecular formula is C64H71ClF3N9O10S3. The SMILES string of the molecule is CC1(C)CCC(c2ccc(Cl)cc2)=C(CN2CCN(c3ccc(C(=O)NS(=O)(=O)c4ccc(N[C@H](CCN5CCN(C(=O)CCCNc6cccc7c6C(=O)N(C6CCC(=O)NC6=O)C7=O)CC5)CSc5ccccc5)c(S(=O)(=O)C(F)(F)F)c4)cc3)CC2)C1. The highest BCUT2D eigenvalue weighted by molar-refractivity contribution is 7.99. The number of carbonyl (C=O) groups excluding carboxylic acids is 6. The Balaban J connectivity index is 0.737. The van der Waals surface area contributed by atoms with Gasteiger partial charge in [-0.1, -0.05) is 67.4 Å². The number of allylic oxidation sites excluding steroid dienone is 1. The van der Waals surface area contributed by atoms with Crippen molar-refractivity contribution in [2.75, 3.05) is 93.3 Å². The summed E-state index contributed by atoms with van der Waals surface area (Å²) in [5.74, 6) is -3.40. The fourth-order valence-corrected chi connectivity index (χ4v) is 15.3. The minimum absolute atomic E-state index is 0.0101. The van der Waals surface area contributed by atoms with E-state index in [9.17, 15) is 58.8 Å². The first-order valence-electron chi connectivity index (χ1n) is 29.9. The lowest BCUT2D eigenvalue weighted by Crippen LogP contribution is -2.54. The van der Waals surface area contributed by atoms with Crippen LogP contribution in [0.15, 0.2) is 136 Å². The predicted octanol–water partition coefficient (Wildman–Crippen LogP) is 8.94. The monoisotopic (exact) mass is 1310 g/mol. The Bertz CT molecular complexity index is 3810. The maximum Gasteiger partial charge on any atom is 0.501 e. The van der Waals surface area contributed by atoms with Crippen LogP contribution in [0.25, 0.3) is 5.57 Å². The molecule has 5 aromatic carbocycles. The molecule has 26 heteroatoms. The van der Waals surface area contributed by atoms with Crippen LogP contribution < -0.4 is 25.6 Å². The van der Waals surface area contributed by atoms with Gasteiger partial charge in [-0.3, -0.25) is 48.8 Å². The van der Waals surface area contributed by atoms with Crippen molar-refractivity contribution in [3.63, 3.8) is 0 Å². The number of alkyl halides is 3.